The Morgan fingerprint density at radius 3 is 1.85 bits per heavy atom. The van der Waals surface area contributed by atoms with E-state index < -0.39 is 18.3 Å². The lowest BCUT2D eigenvalue weighted by Gasteiger charge is -2.19. The Kier molecular flexibility index (Phi) is 4.87. The molecule has 0 heterocycles. The molecule has 0 aliphatic heterocycles. The summed E-state index contributed by atoms with van der Waals surface area (Å²) < 4.78 is 5.45. The topological polar surface area (TPSA) is 72.5 Å². The Labute approximate surface area is 117 Å². The SMILES string of the molecule is NC(O)CC(=O)OC(c1ccccc1)c1ccccc1. The maximum absolute atomic E-state index is 11.7. The van der Waals surface area contributed by atoms with E-state index in [0.717, 1.165) is 11.1 Å². The van der Waals surface area contributed by atoms with E-state index in [1.807, 2.05) is 60.7 Å². The molecule has 2 rings (SSSR count). The Morgan fingerprint density at radius 1 is 1.00 bits per heavy atom. The summed E-state index contributed by atoms with van der Waals surface area (Å²) in [6.45, 7) is 0. The highest BCUT2D eigenvalue weighted by atomic mass is 16.5. The lowest BCUT2D eigenvalue weighted by atomic mass is 10.0. The highest BCUT2D eigenvalue weighted by Crippen LogP contribution is 2.26. The minimum Gasteiger partial charge on any atom is -0.452 e. The van der Waals surface area contributed by atoms with Gasteiger partial charge in [-0.2, -0.15) is 0 Å². The van der Waals surface area contributed by atoms with E-state index in [9.17, 15) is 4.79 Å². The molecular formula is C16H17NO3. The van der Waals surface area contributed by atoms with Gasteiger partial charge in [-0.15, -0.1) is 0 Å². The van der Waals surface area contributed by atoms with Crippen LogP contribution in [0.15, 0.2) is 60.7 Å². The van der Waals surface area contributed by atoms with Gasteiger partial charge in [-0.25, -0.2) is 0 Å². The van der Waals surface area contributed by atoms with Gasteiger partial charge >= 0.3 is 5.97 Å². The van der Waals surface area contributed by atoms with Gasteiger partial charge in [0.15, 0.2) is 6.10 Å². The fourth-order valence-electron chi connectivity index (χ4n) is 1.93. The van der Waals surface area contributed by atoms with Gasteiger partial charge in [-0.3, -0.25) is 4.79 Å². The van der Waals surface area contributed by atoms with Crippen molar-refractivity contribution in [2.45, 2.75) is 18.8 Å². The van der Waals surface area contributed by atoms with E-state index >= 15 is 0 Å². The van der Waals surface area contributed by atoms with Crippen molar-refractivity contribution in [2.24, 2.45) is 5.73 Å². The Morgan fingerprint density at radius 2 is 1.45 bits per heavy atom. The molecule has 1 unspecified atom stereocenters. The molecule has 2 aromatic carbocycles. The monoisotopic (exact) mass is 271 g/mol. The molecule has 0 fully saturated rings. The van der Waals surface area contributed by atoms with Crippen molar-refractivity contribution in [3.8, 4) is 0 Å². The van der Waals surface area contributed by atoms with Crippen LogP contribution in [0.4, 0.5) is 0 Å². The van der Waals surface area contributed by atoms with E-state index in [1.165, 1.54) is 0 Å². The van der Waals surface area contributed by atoms with Crippen LogP contribution in [0.2, 0.25) is 0 Å². The summed E-state index contributed by atoms with van der Waals surface area (Å²) in [4.78, 5) is 11.7. The average Bonchev–Trinajstić information content (AvgIpc) is 2.46. The summed E-state index contributed by atoms with van der Waals surface area (Å²) in [6, 6.07) is 18.9. The fraction of sp³-hybridized carbons (Fsp3) is 0.188. The summed E-state index contributed by atoms with van der Waals surface area (Å²) in [6.07, 6.45) is -1.92. The molecule has 104 valence electrons. The number of esters is 1. The number of rotatable bonds is 5. The van der Waals surface area contributed by atoms with E-state index in [-0.39, 0.29) is 6.42 Å². The van der Waals surface area contributed by atoms with Crippen LogP contribution in [0, 0.1) is 0 Å². The van der Waals surface area contributed by atoms with Gasteiger partial charge in [0.1, 0.15) is 6.23 Å². The number of aliphatic hydroxyl groups excluding tert-OH is 1. The van der Waals surface area contributed by atoms with Crippen molar-refractivity contribution in [1.82, 2.24) is 0 Å². The Balaban J connectivity index is 2.24. The first-order chi connectivity index (χ1) is 9.66. The predicted molar refractivity (Wildman–Crippen MR) is 75.6 cm³/mol. The molecular weight excluding hydrogens is 254 g/mol. The van der Waals surface area contributed by atoms with Gasteiger partial charge in [0, 0.05) is 0 Å². The third kappa shape index (κ3) is 3.91. The molecule has 0 radical (unpaired) electrons. The Hall–Kier alpha value is -2.17. The molecule has 0 saturated heterocycles. The summed E-state index contributed by atoms with van der Waals surface area (Å²) >= 11 is 0. The van der Waals surface area contributed by atoms with Crippen molar-refractivity contribution in [3.05, 3.63) is 71.8 Å². The standard InChI is InChI=1S/C16H17NO3/c17-14(18)11-15(19)20-16(12-7-3-1-4-8-12)13-9-5-2-6-10-13/h1-10,14,16,18H,11,17H2. The molecule has 0 aliphatic rings. The van der Waals surface area contributed by atoms with Crippen LogP contribution in [0.3, 0.4) is 0 Å². The minimum absolute atomic E-state index is 0.226. The molecule has 0 aliphatic carbocycles. The third-order valence-electron chi connectivity index (χ3n) is 2.83. The summed E-state index contributed by atoms with van der Waals surface area (Å²) in [7, 11) is 0. The van der Waals surface area contributed by atoms with Gasteiger partial charge in [-0.05, 0) is 11.1 Å². The van der Waals surface area contributed by atoms with Crippen molar-refractivity contribution in [2.75, 3.05) is 0 Å². The van der Waals surface area contributed by atoms with Gasteiger partial charge in [-0.1, -0.05) is 60.7 Å². The summed E-state index contributed by atoms with van der Waals surface area (Å²) in [5.41, 5.74) is 6.95. The molecule has 0 amide bonds. The molecule has 0 bridgehead atoms. The van der Waals surface area contributed by atoms with Crippen LogP contribution in [0.25, 0.3) is 0 Å². The highest BCUT2D eigenvalue weighted by molar-refractivity contribution is 5.70. The van der Waals surface area contributed by atoms with E-state index in [4.69, 9.17) is 15.6 Å². The third-order valence-corrected chi connectivity index (χ3v) is 2.83. The second kappa shape index (κ2) is 6.84. The number of nitrogens with two attached hydrogens (primary N) is 1. The molecule has 0 spiro atoms. The number of carbonyl (C=O) groups is 1. The lowest BCUT2D eigenvalue weighted by molar-refractivity contribution is -0.149. The maximum Gasteiger partial charge on any atom is 0.310 e. The Bertz CT molecular complexity index is 501. The summed E-state index contributed by atoms with van der Waals surface area (Å²) in [5.74, 6) is -0.530. The zero-order valence-electron chi connectivity index (χ0n) is 11.0. The van der Waals surface area contributed by atoms with Crippen LogP contribution in [0.1, 0.15) is 23.7 Å². The lowest BCUT2D eigenvalue weighted by Crippen LogP contribution is -2.25. The molecule has 3 N–H and O–H groups in total. The number of carbonyl (C=O) groups excluding carboxylic acids is 1. The molecule has 4 heteroatoms. The van der Waals surface area contributed by atoms with Crippen LogP contribution < -0.4 is 5.73 Å². The zero-order chi connectivity index (χ0) is 14.4. The zero-order valence-corrected chi connectivity index (χ0v) is 11.0. The minimum atomic E-state index is -1.20. The summed E-state index contributed by atoms with van der Waals surface area (Å²) in [5, 5.41) is 9.05. The first kappa shape index (κ1) is 14.2. The van der Waals surface area contributed by atoms with Crippen LogP contribution in [-0.2, 0) is 9.53 Å². The molecule has 20 heavy (non-hydrogen) atoms. The first-order valence-electron chi connectivity index (χ1n) is 6.40. The molecule has 0 saturated carbocycles. The van der Waals surface area contributed by atoms with Gasteiger partial charge in [0.25, 0.3) is 0 Å². The van der Waals surface area contributed by atoms with E-state index in [1.54, 1.807) is 0 Å². The molecule has 4 nitrogen and oxygen atoms in total. The van der Waals surface area contributed by atoms with Crippen LogP contribution in [-0.4, -0.2) is 17.3 Å². The smallest absolute Gasteiger partial charge is 0.310 e. The van der Waals surface area contributed by atoms with Gasteiger partial charge in [0.05, 0.1) is 6.42 Å². The van der Waals surface area contributed by atoms with Gasteiger partial charge < -0.3 is 15.6 Å². The quantitative estimate of drug-likeness (QED) is 0.644. The number of hydrogen-bond acceptors (Lipinski definition) is 4. The van der Waals surface area contributed by atoms with Crippen LogP contribution in [0.5, 0.6) is 0 Å². The molecule has 0 aromatic heterocycles. The normalized spacial score (nSPS) is 12.2. The number of hydrogen-bond donors (Lipinski definition) is 2. The molecule has 1 atom stereocenters. The molecule has 2 aromatic rings. The fourth-order valence-corrected chi connectivity index (χ4v) is 1.93. The van der Waals surface area contributed by atoms with Crippen molar-refractivity contribution in [1.29, 1.82) is 0 Å². The number of ether oxygens (including phenoxy) is 1. The predicted octanol–water partition coefficient (Wildman–Crippen LogP) is 1.99. The second-order valence-electron chi connectivity index (χ2n) is 4.46. The van der Waals surface area contributed by atoms with Crippen LogP contribution >= 0.6 is 0 Å². The first-order valence-corrected chi connectivity index (χ1v) is 6.40. The van der Waals surface area contributed by atoms with E-state index in [2.05, 4.69) is 0 Å². The average molecular weight is 271 g/mol. The van der Waals surface area contributed by atoms with Crippen molar-refractivity contribution < 1.29 is 14.6 Å². The highest BCUT2D eigenvalue weighted by Gasteiger charge is 2.19. The van der Waals surface area contributed by atoms with Crippen molar-refractivity contribution in [3.63, 3.8) is 0 Å². The van der Waals surface area contributed by atoms with Crippen molar-refractivity contribution >= 4 is 5.97 Å². The maximum atomic E-state index is 11.7. The van der Waals surface area contributed by atoms with E-state index in [0.29, 0.717) is 0 Å². The number of benzene rings is 2. The van der Waals surface area contributed by atoms with Gasteiger partial charge in [0.2, 0.25) is 0 Å². The second-order valence-corrected chi connectivity index (χ2v) is 4.46. The number of aliphatic hydroxyl groups is 1. The largest absolute Gasteiger partial charge is 0.452 e.